The van der Waals surface area contributed by atoms with Crippen LogP contribution in [0.15, 0.2) is 48.5 Å². The van der Waals surface area contributed by atoms with Gasteiger partial charge in [-0.3, -0.25) is 4.79 Å². The van der Waals surface area contributed by atoms with E-state index in [1.807, 2.05) is 36.4 Å². The fourth-order valence-corrected chi connectivity index (χ4v) is 1.81. The Bertz CT molecular complexity index is 750. The Hall–Kier alpha value is -2.42. The van der Waals surface area contributed by atoms with Gasteiger partial charge in [-0.2, -0.15) is 0 Å². The average Bonchev–Trinajstić information content (AvgIpc) is 2.47. The smallest absolute Gasteiger partial charge is 0.159 e. The predicted octanol–water partition coefficient (Wildman–Crippen LogP) is 3.53. The van der Waals surface area contributed by atoms with Gasteiger partial charge < -0.3 is 0 Å². The fraction of sp³-hybridized carbons (Fsp3) is 0.0556. The van der Waals surface area contributed by atoms with Gasteiger partial charge in [-0.1, -0.05) is 54.7 Å². The Labute approximate surface area is 124 Å². The summed E-state index contributed by atoms with van der Waals surface area (Å²) in [6, 6.07) is 14.9. The van der Waals surface area contributed by atoms with Crippen LogP contribution in [-0.2, 0) is 0 Å². The molecule has 0 radical (unpaired) electrons. The highest BCUT2D eigenvalue weighted by molar-refractivity contribution is 7.85. The number of benzene rings is 2. The van der Waals surface area contributed by atoms with E-state index < -0.39 is 0 Å². The molecule has 2 heteroatoms. The SMILES string of the molecule is CC(=O)c1ccc(C#Cc2ccccc2C#CS)cc1. The summed E-state index contributed by atoms with van der Waals surface area (Å²) in [4.78, 5) is 11.2. The van der Waals surface area contributed by atoms with E-state index in [-0.39, 0.29) is 5.78 Å². The van der Waals surface area contributed by atoms with Gasteiger partial charge in [0.2, 0.25) is 0 Å². The molecule has 0 spiro atoms. The second-order valence-electron chi connectivity index (χ2n) is 4.17. The van der Waals surface area contributed by atoms with Gasteiger partial charge in [0.15, 0.2) is 5.78 Å². The zero-order valence-electron chi connectivity index (χ0n) is 11.0. The molecule has 2 rings (SSSR count). The second kappa shape index (κ2) is 6.66. The lowest BCUT2D eigenvalue weighted by Crippen LogP contribution is -1.90. The molecule has 2 aromatic carbocycles. The molecule has 0 saturated carbocycles. The number of carbonyl (C=O) groups is 1. The number of hydrogen-bond acceptors (Lipinski definition) is 2. The third-order valence-corrected chi connectivity index (χ3v) is 2.86. The van der Waals surface area contributed by atoms with Gasteiger partial charge in [0.1, 0.15) is 0 Å². The van der Waals surface area contributed by atoms with Crippen molar-refractivity contribution in [1.82, 2.24) is 0 Å². The molecule has 0 unspecified atom stereocenters. The monoisotopic (exact) mass is 276 g/mol. The topological polar surface area (TPSA) is 17.1 Å². The largest absolute Gasteiger partial charge is 0.295 e. The van der Waals surface area contributed by atoms with E-state index in [1.54, 1.807) is 19.1 Å². The Morgan fingerprint density at radius 3 is 2.05 bits per heavy atom. The Morgan fingerprint density at radius 1 is 0.900 bits per heavy atom. The lowest BCUT2D eigenvalue weighted by atomic mass is 10.1. The Kier molecular flexibility index (Phi) is 4.66. The van der Waals surface area contributed by atoms with Crippen molar-refractivity contribution in [1.29, 1.82) is 0 Å². The summed E-state index contributed by atoms with van der Waals surface area (Å²) in [7, 11) is 0. The van der Waals surface area contributed by atoms with E-state index in [0.717, 1.165) is 16.7 Å². The van der Waals surface area contributed by atoms with Crippen molar-refractivity contribution >= 4 is 18.4 Å². The molecule has 96 valence electrons. The molecule has 0 aromatic heterocycles. The summed E-state index contributed by atoms with van der Waals surface area (Å²) in [6.45, 7) is 1.55. The molecular formula is C18H12OS. The van der Waals surface area contributed by atoms with Crippen LogP contribution in [0.3, 0.4) is 0 Å². The van der Waals surface area contributed by atoms with Crippen LogP contribution < -0.4 is 0 Å². The van der Waals surface area contributed by atoms with Crippen LogP contribution in [0.5, 0.6) is 0 Å². The molecule has 0 heterocycles. The van der Waals surface area contributed by atoms with Crippen molar-refractivity contribution in [3.05, 3.63) is 70.8 Å². The van der Waals surface area contributed by atoms with Gasteiger partial charge in [0.05, 0.1) is 0 Å². The maximum absolute atomic E-state index is 11.2. The first-order valence-corrected chi connectivity index (χ1v) is 6.52. The molecule has 0 atom stereocenters. The van der Waals surface area contributed by atoms with Crippen molar-refractivity contribution in [2.45, 2.75) is 6.92 Å². The highest BCUT2D eigenvalue weighted by Crippen LogP contribution is 2.07. The second-order valence-corrected chi connectivity index (χ2v) is 4.39. The van der Waals surface area contributed by atoms with Crippen molar-refractivity contribution in [2.75, 3.05) is 0 Å². The van der Waals surface area contributed by atoms with Crippen LogP contribution in [0.25, 0.3) is 0 Å². The van der Waals surface area contributed by atoms with E-state index in [1.165, 1.54) is 0 Å². The Morgan fingerprint density at radius 2 is 1.50 bits per heavy atom. The van der Waals surface area contributed by atoms with Crippen molar-refractivity contribution < 1.29 is 4.79 Å². The third kappa shape index (κ3) is 3.54. The summed E-state index contributed by atoms with van der Waals surface area (Å²) < 4.78 is 0. The lowest BCUT2D eigenvalue weighted by molar-refractivity contribution is 0.101. The van der Waals surface area contributed by atoms with Gasteiger partial charge >= 0.3 is 0 Å². The molecular weight excluding hydrogens is 264 g/mol. The van der Waals surface area contributed by atoms with Crippen LogP contribution in [0.1, 0.15) is 34.0 Å². The fourth-order valence-electron chi connectivity index (χ4n) is 1.69. The number of hydrogen-bond donors (Lipinski definition) is 1. The van der Waals surface area contributed by atoms with Gasteiger partial charge in [-0.25, -0.2) is 0 Å². The average molecular weight is 276 g/mol. The molecule has 0 aliphatic rings. The molecule has 0 bridgehead atoms. The van der Waals surface area contributed by atoms with Crippen molar-refractivity contribution in [3.63, 3.8) is 0 Å². The van der Waals surface area contributed by atoms with E-state index in [2.05, 4.69) is 35.6 Å². The zero-order chi connectivity index (χ0) is 14.4. The number of thiol groups is 1. The maximum atomic E-state index is 11.2. The molecule has 0 fully saturated rings. The molecule has 0 aliphatic carbocycles. The van der Waals surface area contributed by atoms with Gasteiger partial charge in [-0.05, 0) is 36.4 Å². The van der Waals surface area contributed by atoms with Crippen LogP contribution in [0, 0.1) is 23.0 Å². The van der Waals surface area contributed by atoms with Gasteiger partial charge in [0, 0.05) is 22.3 Å². The van der Waals surface area contributed by atoms with Crippen LogP contribution in [0.4, 0.5) is 0 Å². The van der Waals surface area contributed by atoms with E-state index >= 15 is 0 Å². The first kappa shape index (κ1) is 14.0. The highest BCUT2D eigenvalue weighted by atomic mass is 32.1. The Balaban J connectivity index is 2.30. The molecule has 0 saturated heterocycles. The van der Waals surface area contributed by atoms with E-state index in [4.69, 9.17) is 0 Å². The molecule has 2 aromatic rings. The van der Waals surface area contributed by atoms with Gasteiger partial charge in [-0.15, -0.1) is 0 Å². The number of rotatable bonds is 1. The molecule has 0 N–H and O–H groups in total. The molecule has 20 heavy (non-hydrogen) atoms. The van der Waals surface area contributed by atoms with Crippen LogP contribution >= 0.6 is 12.6 Å². The van der Waals surface area contributed by atoms with Gasteiger partial charge in [0.25, 0.3) is 0 Å². The van der Waals surface area contributed by atoms with E-state index in [9.17, 15) is 4.79 Å². The number of Topliss-reactive ketones (excluding diaryl/α,β-unsaturated/α-hetero) is 1. The summed E-state index contributed by atoms with van der Waals surface area (Å²) in [5.41, 5.74) is 3.28. The van der Waals surface area contributed by atoms with Crippen LogP contribution in [0.2, 0.25) is 0 Å². The van der Waals surface area contributed by atoms with Crippen LogP contribution in [-0.4, -0.2) is 5.78 Å². The summed E-state index contributed by atoms with van der Waals surface area (Å²) in [5.74, 6) is 9.12. The minimum absolute atomic E-state index is 0.0545. The first-order valence-electron chi connectivity index (χ1n) is 6.08. The molecule has 0 aliphatic heterocycles. The third-order valence-electron chi connectivity index (χ3n) is 2.75. The minimum Gasteiger partial charge on any atom is -0.295 e. The first-order chi connectivity index (χ1) is 9.70. The summed E-state index contributed by atoms with van der Waals surface area (Å²) >= 11 is 3.91. The zero-order valence-corrected chi connectivity index (χ0v) is 11.9. The van der Waals surface area contributed by atoms with Crippen molar-refractivity contribution in [3.8, 4) is 23.0 Å². The number of carbonyl (C=O) groups excluding carboxylic acids is 1. The summed E-state index contributed by atoms with van der Waals surface area (Å²) in [5, 5.41) is 2.58. The number of ketones is 1. The predicted molar refractivity (Wildman–Crippen MR) is 84.7 cm³/mol. The summed E-state index contributed by atoms with van der Waals surface area (Å²) in [6.07, 6.45) is 0. The highest BCUT2D eigenvalue weighted by Gasteiger charge is 1.97. The normalized spacial score (nSPS) is 8.90. The standard InChI is InChI=1S/C18H12OS/c1-14(19)16-9-6-15(7-10-16)8-11-17-4-2-3-5-18(17)12-13-20/h2-7,9-10,20H,1H3. The van der Waals surface area contributed by atoms with Crippen molar-refractivity contribution in [2.24, 2.45) is 0 Å². The lowest BCUT2D eigenvalue weighted by Gasteiger charge is -1.96. The molecule has 1 nitrogen and oxygen atoms in total. The maximum Gasteiger partial charge on any atom is 0.159 e. The quantitative estimate of drug-likeness (QED) is 0.479. The molecule has 0 amide bonds. The minimum atomic E-state index is 0.0545. The van der Waals surface area contributed by atoms with E-state index in [0.29, 0.717) is 5.56 Å².